The summed E-state index contributed by atoms with van der Waals surface area (Å²) in [6, 6.07) is -0.336. The van der Waals surface area contributed by atoms with E-state index < -0.39 is 17.7 Å². The van der Waals surface area contributed by atoms with E-state index in [1.165, 1.54) is 0 Å². The maximum absolute atomic E-state index is 12.5. The molecule has 1 saturated heterocycles. The average Bonchev–Trinajstić information content (AvgIpc) is 2.36. The zero-order valence-corrected chi connectivity index (χ0v) is 13.6. The fourth-order valence-corrected chi connectivity index (χ4v) is 2.34. The van der Waals surface area contributed by atoms with E-state index in [9.17, 15) is 9.59 Å². The normalized spacial score (nSPS) is 18.2. The summed E-state index contributed by atoms with van der Waals surface area (Å²) in [5.74, 6) is -0.0328. The fraction of sp³-hybridized carbons (Fsp3) is 0.867. The SMILES string of the molecule is CCC[C@H](NC(=O)OC(C)(C)C)C(=O)N1CCC(N)CC1. The van der Waals surface area contributed by atoms with Gasteiger partial charge in [0.2, 0.25) is 5.91 Å². The summed E-state index contributed by atoms with van der Waals surface area (Å²) in [5, 5.41) is 2.70. The van der Waals surface area contributed by atoms with Gasteiger partial charge in [-0.3, -0.25) is 4.79 Å². The molecule has 1 rings (SSSR count). The molecule has 1 atom stereocenters. The Labute approximate surface area is 127 Å². The van der Waals surface area contributed by atoms with Gasteiger partial charge in [0.1, 0.15) is 11.6 Å². The third kappa shape index (κ3) is 6.33. The van der Waals surface area contributed by atoms with Gasteiger partial charge in [-0.2, -0.15) is 0 Å². The summed E-state index contributed by atoms with van der Waals surface area (Å²) in [6.07, 6.45) is 2.52. The number of hydrogen-bond donors (Lipinski definition) is 2. The van der Waals surface area contributed by atoms with Crippen molar-refractivity contribution in [3.05, 3.63) is 0 Å². The number of rotatable bonds is 4. The van der Waals surface area contributed by atoms with Gasteiger partial charge in [-0.25, -0.2) is 4.79 Å². The first-order valence-electron chi connectivity index (χ1n) is 7.77. The van der Waals surface area contributed by atoms with Crippen LogP contribution in [0.25, 0.3) is 0 Å². The molecule has 0 bridgehead atoms. The molecule has 1 heterocycles. The highest BCUT2D eigenvalue weighted by Gasteiger charge is 2.29. The van der Waals surface area contributed by atoms with Gasteiger partial charge in [0, 0.05) is 19.1 Å². The number of alkyl carbamates (subject to hydrolysis) is 1. The molecule has 1 aliphatic rings. The van der Waals surface area contributed by atoms with E-state index in [1.54, 1.807) is 25.7 Å². The number of carbonyl (C=O) groups excluding carboxylic acids is 2. The number of piperidine rings is 1. The molecule has 0 aromatic heterocycles. The van der Waals surface area contributed by atoms with Crippen LogP contribution in [0.5, 0.6) is 0 Å². The van der Waals surface area contributed by atoms with E-state index in [0.717, 1.165) is 19.3 Å². The van der Waals surface area contributed by atoms with Crippen LogP contribution in [0.15, 0.2) is 0 Å². The molecule has 0 radical (unpaired) electrons. The minimum Gasteiger partial charge on any atom is -0.444 e. The number of nitrogens with zero attached hydrogens (tertiary/aromatic N) is 1. The van der Waals surface area contributed by atoms with Crippen molar-refractivity contribution in [3.63, 3.8) is 0 Å². The summed E-state index contributed by atoms with van der Waals surface area (Å²) < 4.78 is 5.23. The van der Waals surface area contributed by atoms with Crippen molar-refractivity contribution in [1.29, 1.82) is 0 Å². The summed E-state index contributed by atoms with van der Waals surface area (Å²) >= 11 is 0. The molecule has 0 aliphatic carbocycles. The Hall–Kier alpha value is -1.30. The standard InChI is InChI=1S/C15H29N3O3/c1-5-6-12(17-14(20)21-15(2,3)4)13(19)18-9-7-11(16)8-10-18/h11-12H,5-10,16H2,1-4H3,(H,17,20)/t12-/m0/s1. The summed E-state index contributed by atoms with van der Waals surface area (Å²) in [4.78, 5) is 26.2. The van der Waals surface area contributed by atoms with E-state index in [0.29, 0.717) is 19.5 Å². The maximum Gasteiger partial charge on any atom is 0.408 e. The molecule has 21 heavy (non-hydrogen) atoms. The molecule has 2 amide bonds. The molecule has 0 unspecified atom stereocenters. The highest BCUT2D eigenvalue weighted by Crippen LogP contribution is 2.13. The highest BCUT2D eigenvalue weighted by molar-refractivity contribution is 5.85. The second-order valence-corrected chi connectivity index (χ2v) is 6.65. The number of likely N-dealkylation sites (tertiary alicyclic amines) is 1. The second kappa shape index (κ2) is 7.64. The lowest BCUT2D eigenvalue weighted by atomic mass is 10.0. The minimum absolute atomic E-state index is 0.0328. The first-order chi connectivity index (χ1) is 9.73. The number of amides is 2. The molecule has 6 nitrogen and oxygen atoms in total. The van der Waals surface area contributed by atoms with Gasteiger partial charge in [0.25, 0.3) is 0 Å². The van der Waals surface area contributed by atoms with Crippen LogP contribution in [0.2, 0.25) is 0 Å². The predicted octanol–water partition coefficient (Wildman–Crippen LogP) is 1.63. The Kier molecular flexibility index (Phi) is 6.45. The molecule has 1 fully saturated rings. The van der Waals surface area contributed by atoms with Crippen LogP contribution in [0.4, 0.5) is 4.79 Å². The van der Waals surface area contributed by atoms with Crippen molar-refractivity contribution in [2.24, 2.45) is 5.73 Å². The van der Waals surface area contributed by atoms with Crippen molar-refractivity contribution >= 4 is 12.0 Å². The molecule has 0 saturated carbocycles. The van der Waals surface area contributed by atoms with Gasteiger partial charge in [-0.05, 0) is 40.0 Å². The Morgan fingerprint density at radius 1 is 1.33 bits per heavy atom. The second-order valence-electron chi connectivity index (χ2n) is 6.65. The Balaban J connectivity index is 2.59. The fourth-order valence-electron chi connectivity index (χ4n) is 2.34. The van der Waals surface area contributed by atoms with Crippen molar-refractivity contribution in [1.82, 2.24) is 10.2 Å². The van der Waals surface area contributed by atoms with Crippen molar-refractivity contribution in [2.75, 3.05) is 13.1 Å². The molecular formula is C15H29N3O3. The monoisotopic (exact) mass is 299 g/mol. The largest absolute Gasteiger partial charge is 0.444 e. The maximum atomic E-state index is 12.5. The van der Waals surface area contributed by atoms with E-state index in [-0.39, 0.29) is 11.9 Å². The van der Waals surface area contributed by atoms with Crippen LogP contribution in [-0.4, -0.2) is 47.7 Å². The van der Waals surface area contributed by atoms with Gasteiger partial charge in [-0.15, -0.1) is 0 Å². The van der Waals surface area contributed by atoms with Crippen LogP contribution in [-0.2, 0) is 9.53 Å². The molecule has 0 spiro atoms. The predicted molar refractivity (Wildman–Crippen MR) is 81.9 cm³/mol. The third-order valence-electron chi connectivity index (χ3n) is 3.42. The van der Waals surface area contributed by atoms with E-state index in [2.05, 4.69) is 5.32 Å². The molecule has 122 valence electrons. The van der Waals surface area contributed by atoms with Gasteiger partial charge >= 0.3 is 6.09 Å². The first kappa shape index (κ1) is 17.8. The zero-order valence-electron chi connectivity index (χ0n) is 13.6. The van der Waals surface area contributed by atoms with E-state index in [4.69, 9.17) is 10.5 Å². The molecule has 0 aromatic carbocycles. The lowest BCUT2D eigenvalue weighted by Gasteiger charge is -2.33. The number of hydrogen-bond acceptors (Lipinski definition) is 4. The Morgan fingerprint density at radius 2 is 1.90 bits per heavy atom. The first-order valence-corrected chi connectivity index (χ1v) is 7.77. The van der Waals surface area contributed by atoms with Crippen LogP contribution in [0, 0.1) is 0 Å². The van der Waals surface area contributed by atoms with Crippen LogP contribution < -0.4 is 11.1 Å². The quantitative estimate of drug-likeness (QED) is 0.826. The molecular weight excluding hydrogens is 270 g/mol. The van der Waals surface area contributed by atoms with Crippen molar-refractivity contribution in [2.45, 2.75) is 71.1 Å². The van der Waals surface area contributed by atoms with Gasteiger partial charge < -0.3 is 20.7 Å². The summed E-state index contributed by atoms with van der Waals surface area (Å²) in [6.45, 7) is 8.72. The molecule has 6 heteroatoms. The van der Waals surface area contributed by atoms with E-state index >= 15 is 0 Å². The number of ether oxygens (including phenoxy) is 1. The Bertz CT molecular complexity index is 358. The average molecular weight is 299 g/mol. The Morgan fingerprint density at radius 3 is 2.38 bits per heavy atom. The molecule has 0 aromatic rings. The van der Waals surface area contributed by atoms with Crippen LogP contribution in [0.3, 0.4) is 0 Å². The van der Waals surface area contributed by atoms with Gasteiger partial charge in [0.05, 0.1) is 0 Å². The molecule has 3 N–H and O–H groups in total. The summed E-state index contributed by atoms with van der Waals surface area (Å²) in [5.41, 5.74) is 5.29. The third-order valence-corrected chi connectivity index (χ3v) is 3.42. The van der Waals surface area contributed by atoms with Crippen LogP contribution >= 0.6 is 0 Å². The topological polar surface area (TPSA) is 84.7 Å². The number of nitrogens with one attached hydrogen (secondary N) is 1. The van der Waals surface area contributed by atoms with Crippen molar-refractivity contribution in [3.8, 4) is 0 Å². The lowest BCUT2D eigenvalue weighted by molar-refractivity contribution is -0.134. The smallest absolute Gasteiger partial charge is 0.408 e. The van der Waals surface area contributed by atoms with Gasteiger partial charge in [-0.1, -0.05) is 13.3 Å². The minimum atomic E-state index is -0.568. The summed E-state index contributed by atoms with van der Waals surface area (Å²) in [7, 11) is 0. The van der Waals surface area contributed by atoms with Gasteiger partial charge in [0.15, 0.2) is 0 Å². The zero-order chi connectivity index (χ0) is 16.0. The number of carbonyl (C=O) groups is 2. The number of nitrogens with two attached hydrogens (primary N) is 1. The molecule has 1 aliphatic heterocycles. The van der Waals surface area contributed by atoms with Crippen LogP contribution in [0.1, 0.15) is 53.4 Å². The highest BCUT2D eigenvalue weighted by atomic mass is 16.6. The lowest BCUT2D eigenvalue weighted by Crippen LogP contribution is -2.52. The van der Waals surface area contributed by atoms with Crippen molar-refractivity contribution < 1.29 is 14.3 Å². The van der Waals surface area contributed by atoms with E-state index in [1.807, 2.05) is 6.92 Å².